The van der Waals surface area contributed by atoms with Gasteiger partial charge in [0, 0.05) is 6.21 Å². The summed E-state index contributed by atoms with van der Waals surface area (Å²) < 4.78 is 0. The number of thiocarbonyl (C=S) groups is 1. The van der Waals surface area contributed by atoms with Gasteiger partial charge in [0.2, 0.25) is 0 Å². The minimum atomic E-state index is -0.390. The first-order valence-corrected chi connectivity index (χ1v) is 3.09. The van der Waals surface area contributed by atoms with Crippen LogP contribution in [0.2, 0.25) is 0 Å². The molecule has 54 valence electrons. The Balaban J connectivity index is 4.18. The van der Waals surface area contributed by atoms with Crippen LogP contribution in [0.3, 0.4) is 0 Å². The predicted octanol–water partition coefficient (Wildman–Crippen LogP) is 1.57. The maximum absolute atomic E-state index is 8.98. The number of nitrogens with zero attached hydrogens (tertiary/aromatic N) is 1. The Labute approximate surface area is 64.6 Å². The first-order valence-electron chi connectivity index (χ1n) is 2.69. The summed E-state index contributed by atoms with van der Waals surface area (Å²) in [5, 5.41) is 17.7. The molecule has 0 aromatic heterocycles. The number of rotatable bonds is 3. The molecule has 3 nitrogen and oxygen atoms in total. The van der Waals surface area contributed by atoms with Crippen LogP contribution in [0.5, 0.6) is 0 Å². The third-order valence-electron chi connectivity index (χ3n) is 0.928. The van der Waals surface area contributed by atoms with Gasteiger partial charge in [0.15, 0.2) is 0 Å². The average molecular weight is 156 g/mol. The van der Waals surface area contributed by atoms with Crippen molar-refractivity contribution in [1.82, 2.24) is 0 Å². The number of allylic oxidation sites excluding steroid dienone is 1. The van der Waals surface area contributed by atoms with E-state index in [1.807, 2.05) is 0 Å². The van der Waals surface area contributed by atoms with Crippen LogP contribution in [-0.4, -0.2) is 22.5 Å². The largest absolute Gasteiger partial charge is 0.510 e. The number of aliphatic imine (C=N–C) groups is 1. The van der Waals surface area contributed by atoms with E-state index in [1.165, 1.54) is 6.08 Å². The third kappa shape index (κ3) is 3.12. The van der Waals surface area contributed by atoms with E-state index in [-0.39, 0.29) is 11.8 Å². The highest BCUT2D eigenvalue weighted by atomic mass is 32.1. The summed E-state index contributed by atoms with van der Waals surface area (Å²) in [6.07, 6.45) is 2.24. The van der Waals surface area contributed by atoms with Gasteiger partial charge >= 0.3 is 0 Å². The summed E-state index contributed by atoms with van der Waals surface area (Å²) >= 11 is 4.32. The van der Waals surface area contributed by atoms with E-state index in [9.17, 15) is 0 Å². The van der Waals surface area contributed by atoms with Gasteiger partial charge in [-0.05, 0) is 25.2 Å². The molecule has 0 saturated heterocycles. The number of aliphatic hydroxyl groups excluding tert-OH is 1. The second-order valence-corrected chi connectivity index (χ2v) is 1.84. The maximum atomic E-state index is 8.98. The van der Waals surface area contributed by atoms with Crippen molar-refractivity contribution < 1.29 is 5.11 Å². The van der Waals surface area contributed by atoms with Crippen LogP contribution in [0.15, 0.2) is 16.8 Å². The fourth-order valence-corrected chi connectivity index (χ4v) is 0.528. The lowest BCUT2D eigenvalue weighted by molar-refractivity contribution is 0.377. The van der Waals surface area contributed by atoms with Crippen LogP contribution < -0.4 is 0 Å². The number of isothiocyanates is 1. The zero-order valence-electron chi connectivity index (χ0n) is 5.53. The number of hydrogen-bond acceptors (Lipinski definition) is 4. The van der Waals surface area contributed by atoms with E-state index in [0.717, 1.165) is 6.21 Å². The van der Waals surface area contributed by atoms with Crippen molar-refractivity contribution >= 4 is 23.6 Å². The van der Waals surface area contributed by atoms with Crippen LogP contribution in [0.1, 0.15) is 6.92 Å². The maximum Gasteiger partial charge on any atom is 0.119 e. The first-order chi connectivity index (χ1) is 4.72. The molecule has 0 heterocycles. The quantitative estimate of drug-likeness (QED) is 0.370. The van der Waals surface area contributed by atoms with Crippen molar-refractivity contribution in [2.24, 2.45) is 4.99 Å². The summed E-state index contributed by atoms with van der Waals surface area (Å²) in [5.41, 5.74) is 0. The Kier molecular flexibility index (Phi) is 4.37. The van der Waals surface area contributed by atoms with E-state index in [0.29, 0.717) is 0 Å². The lowest BCUT2D eigenvalue weighted by atomic mass is 10.3. The minimum absolute atomic E-state index is 0.0207. The summed E-state index contributed by atoms with van der Waals surface area (Å²) in [6.45, 7) is 1.66. The fraction of sp³-hybridized carbons (Fsp3) is 0.333. The van der Waals surface area contributed by atoms with Crippen molar-refractivity contribution in [2.45, 2.75) is 13.0 Å². The molecular weight excluding hydrogens is 148 g/mol. The lowest BCUT2D eigenvalue weighted by Gasteiger charge is -1.99. The van der Waals surface area contributed by atoms with Crippen molar-refractivity contribution in [3.05, 3.63) is 11.8 Å². The van der Waals surface area contributed by atoms with E-state index < -0.39 is 0 Å². The van der Waals surface area contributed by atoms with Crippen molar-refractivity contribution in [1.29, 1.82) is 5.41 Å². The molecule has 0 aliphatic heterocycles. The average Bonchev–Trinajstić information content (AvgIpc) is 1.89. The molecule has 10 heavy (non-hydrogen) atoms. The molecule has 4 heteroatoms. The normalized spacial score (nSPS) is 13.5. The molecule has 0 aliphatic carbocycles. The third-order valence-corrected chi connectivity index (χ3v) is 1.03. The smallest absolute Gasteiger partial charge is 0.119 e. The summed E-state index contributed by atoms with van der Waals surface area (Å²) in [7, 11) is 0. The van der Waals surface area contributed by atoms with E-state index in [1.54, 1.807) is 6.92 Å². The Morgan fingerprint density at radius 2 is 2.50 bits per heavy atom. The van der Waals surface area contributed by atoms with Crippen LogP contribution >= 0.6 is 12.2 Å². The zero-order valence-corrected chi connectivity index (χ0v) is 6.35. The fourth-order valence-electron chi connectivity index (χ4n) is 0.370. The standard InChI is InChI=1S/C6H8N2OS/c1-5(8-4-10)6(9)2-3-7/h2-3,5,7,9H,1H3/b6-2-,7-3?/t5-/m0/s1. The molecule has 0 rings (SSSR count). The lowest BCUT2D eigenvalue weighted by Crippen LogP contribution is -2.01. The molecule has 0 radical (unpaired) electrons. The molecule has 0 saturated carbocycles. The van der Waals surface area contributed by atoms with E-state index in [2.05, 4.69) is 22.4 Å². The van der Waals surface area contributed by atoms with Crippen LogP contribution in [0.4, 0.5) is 0 Å². The first kappa shape index (κ1) is 9.01. The summed E-state index contributed by atoms with van der Waals surface area (Å²) in [6, 6.07) is -0.390. The molecule has 0 amide bonds. The second kappa shape index (κ2) is 4.85. The van der Waals surface area contributed by atoms with Gasteiger partial charge in [0.25, 0.3) is 0 Å². The van der Waals surface area contributed by atoms with Crippen molar-refractivity contribution in [2.75, 3.05) is 0 Å². The van der Waals surface area contributed by atoms with Gasteiger partial charge in [-0.2, -0.15) is 0 Å². The monoisotopic (exact) mass is 156 g/mol. The molecule has 1 atom stereocenters. The Morgan fingerprint density at radius 3 is 2.90 bits per heavy atom. The van der Waals surface area contributed by atoms with E-state index in [4.69, 9.17) is 10.5 Å². The van der Waals surface area contributed by atoms with Gasteiger partial charge in [-0.1, -0.05) is 0 Å². The summed E-state index contributed by atoms with van der Waals surface area (Å²) in [4.78, 5) is 3.59. The highest BCUT2D eigenvalue weighted by Gasteiger charge is 2.01. The Bertz CT molecular complexity index is 194. The highest BCUT2D eigenvalue weighted by molar-refractivity contribution is 7.78. The SMILES string of the molecule is C[C@H](N=C=S)/C(O)=C/C=N. The molecule has 0 fully saturated rings. The molecule has 0 aromatic carbocycles. The van der Waals surface area contributed by atoms with Gasteiger partial charge < -0.3 is 10.5 Å². The van der Waals surface area contributed by atoms with Gasteiger partial charge in [0.1, 0.15) is 11.8 Å². The molecular formula is C6H8N2OS. The molecule has 0 spiro atoms. The van der Waals surface area contributed by atoms with Crippen LogP contribution in [-0.2, 0) is 0 Å². The topological polar surface area (TPSA) is 56.4 Å². The number of aliphatic hydroxyl groups is 1. The molecule has 0 unspecified atom stereocenters. The minimum Gasteiger partial charge on any atom is -0.510 e. The van der Waals surface area contributed by atoms with Crippen LogP contribution in [0, 0.1) is 5.41 Å². The van der Waals surface area contributed by atoms with Gasteiger partial charge in [-0.25, -0.2) is 4.99 Å². The number of nitrogens with one attached hydrogen (secondary N) is 1. The number of hydrogen-bond donors (Lipinski definition) is 2. The highest BCUT2D eigenvalue weighted by Crippen LogP contribution is 1.99. The van der Waals surface area contributed by atoms with Gasteiger partial charge in [0.05, 0.1) is 5.16 Å². The molecule has 0 aliphatic rings. The molecule has 0 bridgehead atoms. The second-order valence-electron chi connectivity index (χ2n) is 1.65. The Morgan fingerprint density at radius 1 is 1.90 bits per heavy atom. The molecule has 0 aromatic rings. The zero-order chi connectivity index (χ0) is 7.98. The van der Waals surface area contributed by atoms with E-state index >= 15 is 0 Å². The van der Waals surface area contributed by atoms with Gasteiger partial charge in [-0.15, -0.1) is 0 Å². The van der Waals surface area contributed by atoms with Gasteiger partial charge in [-0.3, -0.25) is 0 Å². The Hall–Kier alpha value is -0.990. The molecule has 2 N–H and O–H groups in total. The predicted molar refractivity (Wildman–Crippen MR) is 44.0 cm³/mol. The summed E-state index contributed by atoms with van der Waals surface area (Å²) in [5.74, 6) is 0.0207. The van der Waals surface area contributed by atoms with Crippen molar-refractivity contribution in [3.8, 4) is 0 Å². The van der Waals surface area contributed by atoms with Crippen molar-refractivity contribution in [3.63, 3.8) is 0 Å². The van der Waals surface area contributed by atoms with Crippen LogP contribution in [0.25, 0.3) is 0 Å².